The second-order valence-corrected chi connectivity index (χ2v) is 13.3. The topological polar surface area (TPSA) is 87.2 Å². The van der Waals surface area contributed by atoms with Crippen LogP contribution in [0, 0.1) is 0 Å². The molecule has 3 aromatic rings. The molecule has 38 heavy (non-hydrogen) atoms. The maximum absolute atomic E-state index is 13.2. The summed E-state index contributed by atoms with van der Waals surface area (Å²) in [5, 5.41) is 0. The van der Waals surface area contributed by atoms with Gasteiger partial charge in [-0.25, -0.2) is 12.7 Å². The largest absolute Gasteiger partial charge is 0.573 e. The quantitative estimate of drug-likeness (QED) is 0.460. The van der Waals surface area contributed by atoms with Gasteiger partial charge >= 0.3 is 16.6 Å². The highest BCUT2D eigenvalue weighted by atomic mass is 32.2. The summed E-state index contributed by atoms with van der Waals surface area (Å²) >= 11 is 0. The van der Waals surface area contributed by atoms with Crippen molar-refractivity contribution in [2.24, 2.45) is 0 Å². The Bertz CT molecular complexity index is 1560. The molecule has 8 nitrogen and oxygen atoms in total. The predicted molar refractivity (Wildman–Crippen MR) is 139 cm³/mol. The highest BCUT2D eigenvalue weighted by Crippen LogP contribution is 2.43. The van der Waals surface area contributed by atoms with E-state index in [2.05, 4.69) is 4.74 Å². The Morgan fingerprint density at radius 2 is 1.50 bits per heavy atom. The van der Waals surface area contributed by atoms with E-state index < -0.39 is 26.4 Å². The van der Waals surface area contributed by atoms with Crippen molar-refractivity contribution in [1.29, 1.82) is 0 Å². The van der Waals surface area contributed by atoms with Crippen molar-refractivity contribution in [2.75, 3.05) is 45.2 Å². The minimum atomic E-state index is -4.81. The molecule has 5 rings (SSSR count). The van der Waals surface area contributed by atoms with E-state index in [4.69, 9.17) is 0 Å². The molecule has 1 saturated heterocycles. The van der Waals surface area contributed by atoms with Crippen LogP contribution in [-0.2, 0) is 26.6 Å². The van der Waals surface area contributed by atoms with Gasteiger partial charge in [0.05, 0.1) is 29.4 Å². The Kier molecular flexibility index (Phi) is 6.46. The lowest BCUT2D eigenvalue weighted by atomic mass is 10.0. The van der Waals surface area contributed by atoms with Crippen molar-refractivity contribution in [3.63, 3.8) is 0 Å². The van der Waals surface area contributed by atoms with E-state index >= 15 is 0 Å². The Labute approximate surface area is 218 Å². The van der Waals surface area contributed by atoms with Crippen LogP contribution in [0.1, 0.15) is 5.56 Å². The lowest BCUT2D eigenvalue weighted by Gasteiger charge is -2.29. The number of hydrogen-bond acceptors (Lipinski definition) is 6. The summed E-state index contributed by atoms with van der Waals surface area (Å²) in [7, 11) is -5.47. The first-order valence-corrected chi connectivity index (χ1v) is 14.9. The zero-order chi connectivity index (χ0) is 27.3. The van der Waals surface area contributed by atoms with Crippen LogP contribution in [0.3, 0.4) is 0 Å². The number of nitrogens with zero attached hydrogens (tertiary/aromatic N) is 3. The molecule has 13 heteroatoms. The molecule has 3 aromatic carbocycles. The molecule has 1 fully saturated rings. The highest BCUT2D eigenvalue weighted by Gasteiger charge is 2.38. The normalized spacial score (nSPS) is 18.4. The number of alkyl halides is 3. The molecule has 0 spiro atoms. The van der Waals surface area contributed by atoms with Gasteiger partial charge in [0.25, 0.3) is 0 Å². The van der Waals surface area contributed by atoms with Crippen molar-refractivity contribution in [1.82, 2.24) is 0 Å². The van der Waals surface area contributed by atoms with E-state index in [1.807, 2.05) is 29.2 Å². The van der Waals surface area contributed by atoms with Crippen LogP contribution in [0.15, 0.2) is 66.7 Å². The van der Waals surface area contributed by atoms with Gasteiger partial charge in [-0.2, -0.15) is 8.42 Å². The second kappa shape index (κ2) is 9.38. The lowest BCUT2D eigenvalue weighted by molar-refractivity contribution is -0.274. The lowest BCUT2D eigenvalue weighted by Crippen LogP contribution is -2.40. The minimum absolute atomic E-state index is 0.0708. The van der Waals surface area contributed by atoms with Crippen molar-refractivity contribution in [3.05, 3.63) is 72.3 Å². The average Bonchev–Trinajstić information content (AvgIpc) is 3.04. The summed E-state index contributed by atoms with van der Waals surface area (Å²) < 4.78 is 93.5. The summed E-state index contributed by atoms with van der Waals surface area (Å²) in [6.45, 7) is 0.753. The van der Waals surface area contributed by atoms with Gasteiger partial charge in [0.1, 0.15) is 5.75 Å². The molecule has 0 bridgehead atoms. The van der Waals surface area contributed by atoms with E-state index in [0.29, 0.717) is 30.0 Å². The summed E-state index contributed by atoms with van der Waals surface area (Å²) in [6.07, 6.45) is -4.81. The van der Waals surface area contributed by atoms with Gasteiger partial charge in [-0.3, -0.25) is 4.31 Å². The molecular formula is C25H24F3N3O5S2. The molecule has 0 radical (unpaired) electrons. The number of halogens is 3. The van der Waals surface area contributed by atoms with Crippen LogP contribution in [0.5, 0.6) is 5.75 Å². The van der Waals surface area contributed by atoms with Crippen molar-refractivity contribution in [3.8, 4) is 16.9 Å². The third kappa shape index (κ3) is 5.25. The monoisotopic (exact) mass is 567 g/mol. The average molecular weight is 568 g/mol. The van der Waals surface area contributed by atoms with E-state index in [9.17, 15) is 30.0 Å². The minimum Gasteiger partial charge on any atom is -0.406 e. The van der Waals surface area contributed by atoms with Crippen molar-refractivity contribution in [2.45, 2.75) is 12.9 Å². The molecule has 2 aliphatic rings. The Hall–Kier alpha value is -3.45. The molecule has 0 saturated carbocycles. The first kappa shape index (κ1) is 26.2. The molecule has 0 aromatic heterocycles. The standard InChI is InChI=1S/C25H24F3N3O5S2/c1-29-24-16-20(19-3-2-4-21(15-19)30-11-13-37(32,33)14-12-30)7-10-23(24)31(38(29,34)35)17-18-5-8-22(9-6-18)36-25(26,27)28/h2-10,15-16H,11-14,17H2,1H3. The van der Waals surface area contributed by atoms with E-state index in [0.717, 1.165) is 28.9 Å². The first-order chi connectivity index (χ1) is 17.8. The molecule has 2 heterocycles. The molecule has 0 amide bonds. The fraction of sp³-hybridized carbons (Fsp3) is 0.280. The van der Waals surface area contributed by atoms with Crippen LogP contribution in [-0.4, -0.2) is 54.8 Å². The van der Waals surface area contributed by atoms with Gasteiger partial charge in [0.2, 0.25) is 0 Å². The SMILES string of the molecule is CN1c2cc(-c3cccc(N4CCS(=O)(=O)CC4)c3)ccc2N(Cc2ccc(OC(F)(F)F)cc2)S1(=O)=O. The van der Waals surface area contributed by atoms with Gasteiger partial charge in [-0.15, -0.1) is 13.2 Å². The molecule has 2 aliphatic heterocycles. The molecule has 0 atom stereocenters. The zero-order valence-corrected chi connectivity index (χ0v) is 21.9. The maximum atomic E-state index is 13.2. The number of benzene rings is 3. The van der Waals surface area contributed by atoms with Gasteiger partial charge in [-0.1, -0.05) is 30.3 Å². The number of sulfone groups is 1. The van der Waals surface area contributed by atoms with E-state index in [-0.39, 0.29) is 23.8 Å². The van der Waals surface area contributed by atoms with Crippen LogP contribution in [0.2, 0.25) is 0 Å². The van der Waals surface area contributed by atoms with Crippen LogP contribution < -0.4 is 18.2 Å². The molecular weight excluding hydrogens is 543 g/mol. The van der Waals surface area contributed by atoms with Crippen LogP contribution >= 0.6 is 0 Å². The Morgan fingerprint density at radius 3 is 2.16 bits per heavy atom. The number of fused-ring (bicyclic) bond motifs is 1. The maximum Gasteiger partial charge on any atom is 0.573 e. The fourth-order valence-electron chi connectivity index (χ4n) is 4.54. The van der Waals surface area contributed by atoms with E-state index in [1.165, 1.54) is 27.8 Å². The van der Waals surface area contributed by atoms with E-state index in [1.54, 1.807) is 18.2 Å². The van der Waals surface area contributed by atoms with Gasteiger partial charge < -0.3 is 9.64 Å². The van der Waals surface area contributed by atoms with Gasteiger partial charge in [0, 0.05) is 25.8 Å². The summed E-state index contributed by atoms with van der Waals surface area (Å²) in [5.74, 6) is -0.180. The van der Waals surface area contributed by atoms with Gasteiger partial charge in [0.15, 0.2) is 9.84 Å². The number of anilines is 3. The van der Waals surface area contributed by atoms with Crippen LogP contribution in [0.4, 0.5) is 30.2 Å². The van der Waals surface area contributed by atoms with Crippen molar-refractivity contribution >= 4 is 37.1 Å². The van der Waals surface area contributed by atoms with Crippen molar-refractivity contribution < 1.29 is 34.7 Å². The number of hydrogen-bond donors (Lipinski definition) is 0. The predicted octanol–water partition coefficient (Wildman–Crippen LogP) is 4.19. The van der Waals surface area contributed by atoms with Gasteiger partial charge in [-0.05, 0) is 53.1 Å². The molecule has 0 unspecified atom stereocenters. The smallest absolute Gasteiger partial charge is 0.406 e. The number of rotatable bonds is 5. The third-order valence-electron chi connectivity index (χ3n) is 6.58. The molecule has 0 N–H and O–H groups in total. The Balaban J connectivity index is 1.40. The first-order valence-electron chi connectivity index (χ1n) is 11.6. The fourth-order valence-corrected chi connectivity index (χ4v) is 7.15. The summed E-state index contributed by atoms with van der Waals surface area (Å²) in [6, 6.07) is 18.0. The summed E-state index contributed by atoms with van der Waals surface area (Å²) in [5.41, 5.74) is 3.93. The van der Waals surface area contributed by atoms with Crippen LogP contribution in [0.25, 0.3) is 11.1 Å². The summed E-state index contributed by atoms with van der Waals surface area (Å²) in [4.78, 5) is 2.02. The number of ether oxygens (including phenoxy) is 1. The third-order valence-corrected chi connectivity index (χ3v) is 9.96. The Morgan fingerprint density at radius 1 is 0.842 bits per heavy atom. The zero-order valence-electron chi connectivity index (χ0n) is 20.2. The molecule has 0 aliphatic carbocycles. The molecule has 202 valence electrons. The highest BCUT2D eigenvalue weighted by molar-refractivity contribution is 7.94. The second-order valence-electron chi connectivity index (χ2n) is 9.07.